The molecule has 0 aliphatic carbocycles. The number of amides is 2. The Morgan fingerprint density at radius 1 is 1.18 bits per heavy atom. The first-order chi connectivity index (χ1) is 15.6. The van der Waals surface area contributed by atoms with E-state index in [9.17, 15) is 22.8 Å². The Kier molecular flexibility index (Phi) is 9.76. The lowest BCUT2D eigenvalue weighted by Crippen LogP contribution is -2.27. The molecule has 1 N–H and O–H groups in total. The van der Waals surface area contributed by atoms with E-state index >= 15 is 0 Å². The van der Waals surface area contributed by atoms with Gasteiger partial charge in [-0.05, 0) is 49.2 Å². The van der Waals surface area contributed by atoms with E-state index in [1.54, 1.807) is 26.2 Å². The highest BCUT2D eigenvalue weighted by atomic mass is 35.5. The predicted octanol–water partition coefficient (Wildman–Crippen LogP) is 2.02. The molecule has 1 aromatic heterocycles. The van der Waals surface area contributed by atoms with Gasteiger partial charge in [0, 0.05) is 33.4 Å². The van der Waals surface area contributed by atoms with E-state index in [0.29, 0.717) is 18.8 Å². The number of carbonyl (C=O) groups is 3. The number of benzene rings is 1. The van der Waals surface area contributed by atoms with Gasteiger partial charge in [-0.3, -0.25) is 9.59 Å². The fourth-order valence-corrected chi connectivity index (χ4v) is 4.40. The molecule has 2 heterocycles. The second kappa shape index (κ2) is 12.3. The first kappa shape index (κ1) is 26.2. The van der Waals surface area contributed by atoms with E-state index in [4.69, 9.17) is 16.3 Å². The van der Waals surface area contributed by atoms with Gasteiger partial charge >= 0.3 is 5.97 Å². The number of rotatable bonds is 7. The van der Waals surface area contributed by atoms with E-state index < -0.39 is 28.5 Å². The molecular weight excluding hydrogens is 472 g/mol. The minimum absolute atomic E-state index is 0.120. The number of nitrogens with one attached hydrogen (secondary N) is 1. The van der Waals surface area contributed by atoms with E-state index in [2.05, 4.69) is 10.3 Å². The van der Waals surface area contributed by atoms with Gasteiger partial charge in [0.2, 0.25) is 16.4 Å². The van der Waals surface area contributed by atoms with Crippen LogP contribution in [-0.2, 0) is 24.3 Å². The van der Waals surface area contributed by atoms with Crippen molar-refractivity contribution in [1.82, 2.24) is 14.2 Å². The monoisotopic (exact) mass is 496 g/mol. The third-order valence-electron chi connectivity index (χ3n) is 4.37. The Morgan fingerprint density at radius 3 is 2.33 bits per heavy atom. The first-order valence-corrected chi connectivity index (χ1v) is 11.8. The van der Waals surface area contributed by atoms with Gasteiger partial charge in [0.05, 0.1) is 16.1 Å². The van der Waals surface area contributed by atoms with Crippen LogP contribution in [0, 0.1) is 0 Å². The van der Waals surface area contributed by atoms with Crippen molar-refractivity contribution in [1.29, 1.82) is 0 Å². The quantitative estimate of drug-likeness (QED) is 0.353. The number of pyridine rings is 1. The van der Waals surface area contributed by atoms with Crippen LogP contribution in [0.3, 0.4) is 0 Å². The molecular formula is C21H25ClN4O6S. The summed E-state index contributed by atoms with van der Waals surface area (Å²) in [6, 6.07) is 8.61. The average Bonchev–Trinajstić information content (AvgIpc) is 3.35. The van der Waals surface area contributed by atoms with Gasteiger partial charge in [-0.2, -0.15) is 4.31 Å². The molecule has 0 bridgehead atoms. The lowest BCUT2D eigenvalue weighted by molar-refractivity contribution is -0.119. The smallest absolute Gasteiger partial charge is 0.338 e. The molecule has 1 saturated heterocycles. The summed E-state index contributed by atoms with van der Waals surface area (Å²) in [4.78, 5) is 38.8. The Labute approximate surface area is 197 Å². The van der Waals surface area contributed by atoms with E-state index in [0.717, 1.165) is 19.3 Å². The number of carbonyl (C=O) groups excluding carboxylic acids is 3. The van der Waals surface area contributed by atoms with Gasteiger partial charge in [-0.1, -0.05) is 11.6 Å². The molecule has 1 aliphatic rings. The van der Waals surface area contributed by atoms with Crippen LogP contribution < -0.4 is 5.32 Å². The van der Waals surface area contributed by atoms with Crippen LogP contribution in [0.1, 0.15) is 23.2 Å². The lowest BCUT2D eigenvalue weighted by atomic mass is 10.2. The minimum Gasteiger partial charge on any atom is -0.452 e. The zero-order chi connectivity index (χ0) is 24.4. The molecule has 2 aromatic rings. The van der Waals surface area contributed by atoms with E-state index in [1.165, 1.54) is 39.7 Å². The van der Waals surface area contributed by atoms with Crippen molar-refractivity contribution in [3.05, 3.63) is 53.3 Å². The van der Waals surface area contributed by atoms with Crippen LogP contribution in [0.15, 0.2) is 47.5 Å². The number of hydrogen-bond acceptors (Lipinski definition) is 7. The van der Waals surface area contributed by atoms with Gasteiger partial charge in [0.1, 0.15) is 0 Å². The zero-order valence-corrected chi connectivity index (χ0v) is 19.8. The number of sulfonamides is 1. The summed E-state index contributed by atoms with van der Waals surface area (Å²) in [6.07, 6.45) is 3.91. The van der Waals surface area contributed by atoms with E-state index in [1.807, 2.05) is 0 Å². The number of halogens is 1. The molecule has 10 nitrogen and oxygen atoms in total. The standard InChI is InChI=1S/C18H18ClN3O5S.C3H7NO/c19-17-15(4-3-9-20-17)21-16(23)12-27-18(24)13-5-7-14(8-6-13)28(25,26)22-10-1-2-11-22;1-4(2)3-5/h3-9H,1-2,10-12H2,(H,21,23);3H,1-2H3. The maximum atomic E-state index is 12.5. The van der Waals surface area contributed by atoms with Crippen LogP contribution in [0.5, 0.6) is 0 Å². The molecule has 178 valence electrons. The Morgan fingerprint density at radius 2 is 1.79 bits per heavy atom. The second-order valence-corrected chi connectivity index (χ2v) is 9.47. The van der Waals surface area contributed by atoms with Gasteiger partial charge in [-0.25, -0.2) is 18.2 Å². The summed E-state index contributed by atoms with van der Waals surface area (Å²) in [7, 11) is -0.172. The summed E-state index contributed by atoms with van der Waals surface area (Å²) < 4.78 is 31.3. The molecule has 2 amide bonds. The largest absolute Gasteiger partial charge is 0.452 e. The molecule has 0 atom stereocenters. The highest BCUT2D eigenvalue weighted by Gasteiger charge is 2.27. The molecule has 0 radical (unpaired) electrons. The van der Waals surface area contributed by atoms with Gasteiger partial charge in [0.15, 0.2) is 11.8 Å². The van der Waals surface area contributed by atoms with Crippen molar-refractivity contribution in [3.8, 4) is 0 Å². The first-order valence-electron chi connectivity index (χ1n) is 9.94. The van der Waals surface area contributed by atoms with Crippen LogP contribution >= 0.6 is 11.6 Å². The van der Waals surface area contributed by atoms with Crippen molar-refractivity contribution < 1.29 is 27.5 Å². The summed E-state index contributed by atoms with van der Waals surface area (Å²) in [5, 5.41) is 2.60. The summed E-state index contributed by atoms with van der Waals surface area (Å²) in [5.41, 5.74) is 0.453. The second-order valence-electron chi connectivity index (χ2n) is 7.17. The molecule has 0 unspecified atom stereocenters. The summed E-state index contributed by atoms with van der Waals surface area (Å²) in [6.45, 7) is 0.488. The molecule has 1 fully saturated rings. The third kappa shape index (κ3) is 7.81. The average molecular weight is 497 g/mol. The molecule has 1 aromatic carbocycles. The molecule has 0 spiro atoms. The maximum absolute atomic E-state index is 12.5. The number of anilines is 1. The number of ether oxygens (including phenoxy) is 1. The van der Waals surface area contributed by atoms with Crippen LogP contribution in [0.2, 0.25) is 5.15 Å². The Hall–Kier alpha value is -3.02. The third-order valence-corrected chi connectivity index (χ3v) is 6.59. The van der Waals surface area contributed by atoms with Crippen molar-refractivity contribution in [2.75, 3.05) is 39.1 Å². The minimum atomic E-state index is -3.55. The number of hydrogen-bond donors (Lipinski definition) is 1. The summed E-state index contributed by atoms with van der Waals surface area (Å²) in [5.74, 6) is -1.31. The van der Waals surface area contributed by atoms with Gasteiger partial charge in [-0.15, -0.1) is 0 Å². The van der Waals surface area contributed by atoms with Crippen LogP contribution in [-0.4, -0.2) is 74.7 Å². The van der Waals surface area contributed by atoms with Crippen molar-refractivity contribution in [2.24, 2.45) is 0 Å². The van der Waals surface area contributed by atoms with E-state index in [-0.39, 0.29) is 15.6 Å². The maximum Gasteiger partial charge on any atom is 0.338 e. The van der Waals surface area contributed by atoms with Crippen molar-refractivity contribution >= 4 is 45.6 Å². The highest BCUT2D eigenvalue weighted by molar-refractivity contribution is 7.89. The molecule has 0 saturated carbocycles. The van der Waals surface area contributed by atoms with Crippen molar-refractivity contribution in [3.63, 3.8) is 0 Å². The zero-order valence-electron chi connectivity index (χ0n) is 18.2. The van der Waals surface area contributed by atoms with Crippen molar-refractivity contribution in [2.45, 2.75) is 17.7 Å². The number of aromatic nitrogens is 1. The molecule has 12 heteroatoms. The SMILES string of the molecule is CN(C)C=O.O=C(COC(=O)c1ccc(S(=O)(=O)N2CCCC2)cc1)Nc1cccnc1Cl. The molecule has 1 aliphatic heterocycles. The van der Waals surface area contributed by atoms with Crippen LogP contribution in [0.4, 0.5) is 5.69 Å². The molecule has 3 rings (SSSR count). The number of nitrogens with zero attached hydrogens (tertiary/aromatic N) is 3. The Bertz CT molecular complexity index is 1070. The normalized spacial score (nSPS) is 13.4. The molecule has 33 heavy (non-hydrogen) atoms. The van der Waals surface area contributed by atoms with Crippen LogP contribution in [0.25, 0.3) is 0 Å². The highest BCUT2D eigenvalue weighted by Crippen LogP contribution is 2.21. The fraction of sp³-hybridized carbons (Fsp3) is 0.333. The number of esters is 1. The van der Waals surface area contributed by atoms with Gasteiger partial charge in [0.25, 0.3) is 5.91 Å². The fourth-order valence-electron chi connectivity index (χ4n) is 2.72. The topological polar surface area (TPSA) is 126 Å². The summed E-state index contributed by atoms with van der Waals surface area (Å²) >= 11 is 5.84. The van der Waals surface area contributed by atoms with Gasteiger partial charge < -0.3 is 15.0 Å². The predicted molar refractivity (Wildman–Crippen MR) is 122 cm³/mol. The lowest BCUT2D eigenvalue weighted by Gasteiger charge is -2.15. The Balaban J connectivity index is 0.000000696.